The Labute approximate surface area is 130 Å². The van der Waals surface area contributed by atoms with Gasteiger partial charge in [-0.05, 0) is 30.4 Å². The number of Topliss-reactive ketones (excluding diaryl/α,β-unsaturated/α-hetero) is 1. The number of rotatable bonds is 1. The summed E-state index contributed by atoms with van der Waals surface area (Å²) in [5.74, 6) is -0.514. The molecule has 0 fully saturated rings. The molecule has 2 heterocycles. The first-order valence-corrected chi connectivity index (χ1v) is 7.54. The van der Waals surface area contributed by atoms with E-state index < -0.39 is 5.92 Å². The van der Waals surface area contributed by atoms with Crippen LogP contribution >= 0.6 is 0 Å². The van der Waals surface area contributed by atoms with Gasteiger partial charge in [-0.2, -0.15) is 5.26 Å². The number of nitrogens with zero attached hydrogens (tertiary/aromatic N) is 3. The zero-order valence-corrected chi connectivity index (χ0v) is 13.1. The van der Waals surface area contributed by atoms with E-state index in [-0.39, 0.29) is 17.1 Å². The number of ketones is 1. The number of aliphatic imine (C=N–C) groups is 1. The number of allylic oxidation sites excluding steroid dienone is 2. The second-order valence-corrected chi connectivity index (χ2v) is 6.93. The van der Waals surface area contributed by atoms with Crippen LogP contribution in [0.5, 0.6) is 0 Å². The van der Waals surface area contributed by atoms with Crippen molar-refractivity contribution >= 4 is 11.5 Å². The second-order valence-electron chi connectivity index (χ2n) is 6.93. The highest BCUT2D eigenvalue weighted by atomic mass is 16.1. The van der Waals surface area contributed by atoms with Gasteiger partial charge in [0, 0.05) is 41.7 Å². The summed E-state index contributed by atoms with van der Waals surface area (Å²) >= 11 is 0. The van der Waals surface area contributed by atoms with E-state index in [9.17, 15) is 10.1 Å². The molecule has 2 aliphatic rings. The van der Waals surface area contributed by atoms with Crippen LogP contribution in [-0.2, 0) is 4.79 Å². The zero-order valence-electron chi connectivity index (χ0n) is 13.1. The fourth-order valence-corrected chi connectivity index (χ4v) is 3.53. The van der Waals surface area contributed by atoms with E-state index in [2.05, 4.69) is 29.9 Å². The van der Waals surface area contributed by atoms with E-state index in [1.165, 1.54) is 0 Å². The molecule has 1 aliphatic carbocycles. The van der Waals surface area contributed by atoms with Crippen molar-refractivity contribution in [2.45, 2.75) is 39.5 Å². The fourth-order valence-electron chi connectivity index (χ4n) is 3.53. The second kappa shape index (κ2) is 5.17. The van der Waals surface area contributed by atoms with Gasteiger partial charge in [-0.1, -0.05) is 19.9 Å². The number of aromatic nitrogens is 1. The Morgan fingerprint density at radius 3 is 2.77 bits per heavy atom. The van der Waals surface area contributed by atoms with E-state index in [1.807, 2.05) is 19.1 Å². The molecule has 0 saturated carbocycles. The Balaban J connectivity index is 2.18. The lowest BCUT2D eigenvalue weighted by atomic mass is 9.67. The summed E-state index contributed by atoms with van der Waals surface area (Å²) in [6.07, 6.45) is 4.75. The van der Waals surface area contributed by atoms with Gasteiger partial charge in [0.15, 0.2) is 5.78 Å². The molecule has 112 valence electrons. The summed E-state index contributed by atoms with van der Waals surface area (Å²) in [6.45, 7) is 6.07. The normalized spacial score (nSPS) is 27.0. The van der Waals surface area contributed by atoms with Crippen molar-refractivity contribution in [3.8, 4) is 6.07 Å². The van der Waals surface area contributed by atoms with Gasteiger partial charge in [0.1, 0.15) is 0 Å². The topological polar surface area (TPSA) is 66.1 Å². The number of hydrogen-bond donors (Lipinski definition) is 0. The molecule has 0 saturated heterocycles. The van der Waals surface area contributed by atoms with Crippen molar-refractivity contribution < 1.29 is 4.79 Å². The number of hydrogen-bond acceptors (Lipinski definition) is 4. The van der Waals surface area contributed by atoms with Crippen molar-refractivity contribution in [2.75, 3.05) is 0 Å². The highest BCUT2D eigenvalue weighted by molar-refractivity contribution is 6.03. The van der Waals surface area contributed by atoms with E-state index in [0.717, 1.165) is 29.0 Å². The summed E-state index contributed by atoms with van der Waals surface area (Å²) in [5, 5.41) is 9.59. The predicted molar refractivity (Wildman–Crippen MR) is 84.2 cm³/mol. The monoisotopic (exact) mass is 293 g/mol. The number of carbonyl (C=O) groups excluding carboxylic acids is 1. The van der Waals surface area contributed by atoms with E-state index in [0.29, 0.717) is 6.42 Å². The molecule has 0 aromatic carbocycles. The number of pyridine rings is 1. The summed E-state index contributed by atoms with van der Waals surface area (Å²) in [5.41, 5.74) is 3.23. The Morgan fingerprint density at radius 2 is 2.14 bits per heavy atom. The molecule has 0 amide bonds. The molecule has 1 aromatic heterocycles. The molecular weight excluding hydrogens is 274 g/mol. The molecule has 1 aromatic rings. The minimum atomic E-state index is -0.395. The van der Waals surface area contributed by atoms with Crippen LogP contribution in [0.4, 0.5) is 0 Å². The molecule has 22 heavy (non-hydrogen) atoms. The molecule has 0 radical (unpaired) electrons. The standard InChI is InChI=1S/C18H19N3O/c1-11-13(9-19)16(12-5-4-6-20-10-12)17-14(21-11)7-18(2,3)8-15(17)22/h4-6,10,13,16H,7-8H2,1-3H3. The third-order valence-corrected chi connectivity index (χ3v) is 4.48. The van der Waals surface area contributed by atoms with Gasteiger partial charge in [-0.15, -0.1) is 0 Å². The maximum atomic E-state index is 12.7. The maximum Gasteiger partial charge on any atom is 0.161 e. The fraction of sp³-hybridized carbons (Fsp3) is 0.444. The van der Waals surface area contributed by atoms with Crippen LogP contribution in [-0.4, -0.2) is 16.5 Å². The van der Waals surface area contributed by atoms with Crippen molar-refractivity contribution in [1.82, 2.24) is 4.98 Å². The SMILES string of the molecule is CC1=NC2=C(C(=O)CC(C)(C)C2)C(c2cccnc2)C1C#N. The lowest BCUT2D eigenvalue weighted by Gasteiger charge is -2.37. The van der Waals surface area contributed by atoms with Gasteiger partial charge in [0.05, 0.1) is 12.0 Å². The largest absolute Gasteiger partial charge is 0.294 e. The van der Waals surface area contributed by atoms with Crippen LogP contribution in [0.2, 0.25) is 0 Å². The Hall–Kier alpha value is -2.28. The predicted octanol–water partition coefficient (Wildman–Crippen LogP) is 3.42. The zero-order chi connectivity index (χ0) is 15.9. The summed E-state index contributed by atoms with van der Waals surface area (Å²) in [7, 11) is 0. The molecule has 2 unspecified atom stereocenters. The van der Waals surface area contributed by atoms with Crippen LogP contribution in [0.15, 0.2) is 40.8 Å². The Bertz CT molecular complexity index is 722. The smallest absolute Gasteiger partial charge is 0.161 e. The summed E-state index contributed by atoms with van der Waals surface area (Å²) < 4.78 is 0. The van der Waals surface area contributed by atoms with Crippen LogP contribution in [0.3, 0.4) is 0 Å². The van der Waals surface area contributed by atoms with Gasteiger partial charge in [0.2, 0.25) is 0 Å². The number of carbonyl (C=O) groups is 1. The highest BCUT2D eigenvalue weighted by Gasteiger charge is 2.43. The van der Waals surface area contributed by atoms with Crippen LogP contribution in [0.25, 0.3) is 0 Å². The van der Waals surface area contributed by atoms with E-state index in [4.69, 9.17) is 0 Å². The molecule has 2 atom stereocenters. The average Bonchev–Trinajstić information content (AvgIpc) is 2.45. The third kappa shape index (κ3) is 2.37. The van der Waals surface area contributed by atoms with Gasteiger partial charge in [-0.3, -0.25) is 14.8 Å². The molecule has 4 nitrogen and oxygen atoms in total. The minimum Gasteiger partial charge on any atom is -0.294 e. The molecule has 0 spiro atoms. The van der Waals surface area contributed by atoms with Gasteiger partial charge >= 0.3 is 0 Å². The van der Waals surface area contributed by atoms with Crippen molar-refractivity contribution in [3.05, 3.63) is 41.4 Å². The molecular formula is C18H19N3O. The first-order valence-electron chi connectivity index (χ1n) is 7.54. The molecule has 3 rings (SSSR count). The van der Waals surface area contributed by atoms with E-state index in [1.54, 1.807) is 12.4 Å². The number of nitriles is 1. The van der Waals surface area contributed by atoms with Crippen LogP contribution in [0, 0.1) is 22.7 Å². The van der Waals surface area contributed by atoms with Crippen LogP contribution in [0.1, 0.15) is 45.1 Å². The van der Waals surface area contributed by atoms with Crippen molar-refractivity contribution in [3.63, 3.8) is 0 Å². The molecule has 1 aliphatic heterocycles. The quantitative estimate of drug-likeness (QED) is 0.796. The first kappa shape index (κ1) is 14.6. The average molecular weight is 293 g/mol. The molecule has 0 N–H and O–H groups in total. The van der Waals surface area contributed by atoms with Gasteiger partial charge in [-0.25, -0.2) is 0 Å². The Morgan fingerprint density at radius 1 is 1.36 bits per heavy atom. The van der Waals surface area contributed by atoms with E-state index >= 15 is 0 Å². The lowest BCUT2D eigenvalue weighted by molar-refractivity contribution is -0.118. The lowest BCUT2D eigenvalue weighted by Crippen LogP contribution is -2.35. The van der Waals surface area contributed by atoms with Crippen molar-refractivity contribution in [1.29, 1.82) is 5.26 Å². The summed E-state index contributed by atoms with van der Waals surface area (Å²) in [4.78, 5) is 21.5. The molecule has 4 heteroatoms. The third-order valence-electron chi connectivity index (χ3n) is 4.48. The molecule has 0 bridgehead atoms. The first-order chi connectivity index (χ1) is 10.4. The summed E-state index contributed by atoms with van der Waals surface area (Å²) in [6, 6.07) is 6.12. The van der Waals surface area contributed by atoms with Gasteiger partial charge < -0.3 is 0 Å². The Kier molecular flexibility index (Phi) is 3.44. The van der Waals surface area contributed by atoms with Gasteiger partial charge in [0.25, 0.3) is 0 Å². The van der Waals surface area contributed by atoms with Crippen LogP contribution < -0.4 is 0 Å². The maximum absolute atomic E-state index is 12.7. The highest BCUT2D eigenvalue weighted by Crippen LogP contribution is 2.47. The minimum absolute atomic E-state index is 0.0708. The van der Waals surface area contributed by atoms with Crippen molar-refractivity contribution in [2.24, 2.45) is 16.3 Å².